The second kappa shape index (κ2) is 10.4. The van der Waals surface area contributed by atoms with Gasteiger partial charge in [-0.15, -0.1) is 0 Å². The zero-order chi connectivity index (χ0) is 27.8. The molecule has 202 valence electrons. The molecule has 0 fully saturated rings. The fourth-order valence-corrected chi connectivity index (χ4v) is 6.79. The number of hydrogen-bond acceptors (Lipinski definition) is 7. The predicted molar refractivity (Wildman–Crippen MR) is 139 cm³/mol. The van der Waals surface area contributed by atoms with Gasteiger partial charge >= 0.3 is 0 Å². The maximum absolute atomic E-state index is 15.3. The molecule has 0 aromatic heterocycles. The van der Waals surface area contributed by atoms with E-state index in [0.29, 0.717) is 11.1 Å². The summed E-state index contributed by atoms with van der Waals surface area (Å²) in [6, 6.07) is 12.9. The maximum Gasteiger partial charge on any atom is 0.271 e. The van der Waals surface area contributed by atoms with Crippen LogP contribution in [0.2, 0.25) is 0 Å². The van der Waals surface area contributed by atoms with Gasteiger partial charge < -0.3 is 15.2 Å². The lowest BCUT2D eigenvalue weighted by Crippen LogP contribution is -2.46. The summed E-state index contributed by atoms with van der Waals surface area (Å²) < 4.78 is 72.5. The molecule has 1 unspecified atom stereocenters. The summed E-state index contributed by atoms with van der Waals surface area (Å²) in [6.07, 6.45) is -1.04. The molecule has 1 aliphatic heterocycles. The van der Waals surface area contributed by atoms with Gasteiger partial charge in [-0.1, -0.05) is 25.1 Å². The molecule has 2 N–H and O–H groups in total. The largest absolute Gasteiger partial charge is 0.468 e. The number of nitrogens with one attached hydrogen (secondary N) is 1. The lowest BCUT2D eigenvalue weighted by Gasteiger charge is -2.35. The first-order valence-corrected chi connectivity index (χ1v) is 14.8. The van der Waals surface area contributed by atoms with Crippen molar-refractivity contribution in [1.29, 1.82) is 0 Å². The van der Waals surface area contributed by atoms with Crippen LogP contribution in [0.25, 0.3) is 0 Å². The zero-order valence-corrected chi connectivity index (χ0v) is 22.5. The quantitative estimate of drug-likeness (QED) is 0.452. The van der Waals surface area contributed by atoms with Crippen molar-refractivity contribution in [2.75, 3.05) is 16.7 Å². The van der Waals surface area contributed by atoms with Crippen molar-refractivity contribution in [3.05, 3.63) is 83.2 Å². The molecule has 1 amide bonds. The van der Waals surface area contributed by atoms with Gasteiger partial charge in [0.25, 0.3) is 15.9 Å². The Morgan fingerprint density at radius 2 is 1.82 bits per heavy atom. The molecule has 2 atom stereocenters. The third kappa shape index (κ3) is 5.11. The number of sulfonamides is 1. The smallest absolute Gasteiger partial charge is 0.271 e. The van der Waals surface area contributed by atoms with Crippen molar-refractivity contribution in [1.82, 2.24) is 5.32 Å². The van der Waals surface area contributed by atoms with E-state index in [0.717, 1.165) is 10.4 Å². The highest BCUT2D eigenvalue weighted by Gasteiger charge is 2.39. The van der Waals surface area contributed by atoms with E-state index < -0.39 is 50.5 Å². The van der Waals surface area contributed by atoms with Crippen LogP contribution >= 0.6 is 0 Å². The molecule has 3 aromatic carbocycles. The summed E-state index contributed by atoms with van der Waals surface area (Å²) in [5.41, 5.74) is 0.757. The average molecular weight is 563 g/mol. The Morgan fingerprint density at radius 1 is 1.13 bits per heavy atom. The first-order valence-electron chi connectivity index (χ1n) is 11.7. The van der Waals surface area contributed by atoms with Gasteiger partial charge in [-0.25, -0.2) is 25.5 Å². The fraction of sp³-hybridized carbons (Fsp3) is 0.269. The first kappa shape index (κ1) is 27.6. The SMILES string of the molecule is CCS(=O)(=O)c1ccc([C@H](CO)NC(=O)c2ccc(N3C(C)Oc4ccc(C)cc4S3(=O)=O)c(F)c2)cc1. The number of carbonyl (C=O) groups is 1. The third-order valence-corrected chi connectivity index (χ3v) is 9.86. The summed E-state index contributed by atoms with van der Waals surface area (Å²) in [4.78, 5) is 12.9. The molecule has 4 rings (SSSR count). The van der Waals surface area contributed by atoms with Crippen molar-refractivity contribution < 1.29 is 35.9 Å². The Hall–Kier alpha value is -3.48. The molecule has 0 saturated heterocycles. The van der Waals surface area contributed by atoms with E-state index in [9.17, 15) is 26.7 Å². The molecule has 12 heteroatoms. The Balaban J connectivity index is 1.58. The van der Waals surface area contributed by atoms with Crippen LogP contribution in [-0.2, 0) is 19.9 Å². The fourth-order valence-electron chi connectivity index (χ4n) is 4.15. The van der Waals surface area contributed by atoms with Crippen molar-refractivity contribution in [2.45, 2.75) is 42.8 Å². The molecular formula is C26H27FN2O7S2. The van der Waals surface area contributed by atoms with E-state index in [1.54, 1.807) is 19.1 Å². The topological polar surface area (TPSA) is 130 Å². The minimum Gasteiger partial charge on any atom is -0.468 e. The lowest BCUT2D eigenvalue weighted by atomic mass is 10.1. The van der Waals surface area contributed by atoms with Crippen LogP contribution < -0.4 is 14.4 Å². The van der Waals surface area contributed by atoms with Gasteiger partial charge in [-0.2, -0.15) is 0 Å². The van der Waals surface area contributed by atoms with Crippen LogP contribution in [0.5, 0.6) is 5.75 Å². The number of anilines is 1. The van der Waals surface area contributed by atoms with Gasteiger partial charge in [-0.3, -0.25) is 4.79 Å². The summed E-state index contributed by atoms with van der Waals surface area (Å²) in [6.45, 7) is 4.24. The van der Waals surface area contributed by atoms with E-state index in [1.807, 2.05) is 0 Å². The summed E-state index contributed by atoms with van der Waals surface area (Å²) in [5, 5.41) is 12.4. The number of aryl methyl sites for hydroxylation is 1. The Morgan fingerprint density at radius 3 is 2.42 bits per heavy atom. The zero-order valence-electron chi connectivity index (χ0n) is 20.9. The van der Waals surface area contributed by atoms with E-state index in [1.165, 1.54) is 56.3 Å². The van der Waals surface area contributed by atoms with E-state index in [4.69, 9.17) is 4.74 Å². The van der Waals surface area contributed by atoms with Gasteiger partial charge in [-0.05, 0) is 67.4 Å². The van der Waals surface area contributed by atoms with Crippen molar-refractivity contribution in [2.24, 2.45) is 0 Å². The molecule has 0 radical (unpaired) electrons. The number of halogens is 1. The molecule has 1 aliphatic rings. The Kier molecular flexibility index (Phi) is 7.51. The van der Waals surface area contributed by atoms with Gasteiger partial charge in [0.1, 0.15) is 16.5 Å². The van der Waals surface area contributed by atoms with Gasteiger partial charge in [0, 0.05) is 5.56 Å². The number of benzene rings is 3. The monoisotopic (exact) mass is 562 g/mol. The van der Waals surface area contributed by atoms with E-state index >= 15 is 4.39 Å². The van der Waals surface area contributed by atoms with Gasteiger partial charge in [0.15, 0.2) is 16.1 Å². The number of hydrogen-bond donors (Lipinski definition) is 2. The second-order valence-electron chi connectivity index (χ2n) is 8.82. The molecular weight excluding hydrogens is 535 g/mol. The minimum atomic E-state index is -4.15. The molecule has 0 spiro atoms. The Bertz CT molecular complexity index is 1590. The van der Waals surface area contributed by atoms with Gasteiger partial charge in [0.2, 0.25) is 0 Å². The average Bonchev–Trinajstić information content (AvgIpc) is 2.88. The minimum absolute atomic E-state index is 0.0656. The van der Waals surface area contributed by atoms with E-state index in [-0.39, 0.29) is 32.5 Å². The highest BCUT2D eigenvalue weighted by molar-refractivity contribution is 7.93. The number of ether oxygens (including phenoxy) is 1. The Labute approximate surface area is 220 Å². The lowest BCUT2D eigenvalue weighted by molar-refractivity contribution is 0.0915. The maximum atomic E-state index is 15.3. The number of fused-ring (bicyclic) bond motifs is 1. The molecule has 0 saturated carbocycles. The molecule has 0 bridgehead atoms. The number of sulfone groups is 1. The molecule has 9 nitrogen and oxygen atoms in total. The molecule has 38 heavy (non-hydrogen) atoms. The number of aliphatic hydroxyl groups is 1. The molecule has 0 aliphatic carbocycles. The second-order valence-corrected chi connectivity index (χ2v) is 12.9. The number of carbonyl (C=O) groups excluding carboxylic acids is 1. The predicted octanol–water partition coefficient (Wildman–Crippen LogP) is 3.32. The number of amides is 1. The first-order chi connectivity index (χ1) is 17.9. The normalized spacial score (nSPS) is 17.3. The third-order valence-electron chi connectivity index (χ3n) is 6.22. The van der Waals surface area contributed by atoms with Gasteiger partial charge in [0.05, 0.1) is 29.0 Å². The number of aliphatic hydroxyl groups excluding tert-OH is 1. The van der Waals surface area contributed by atoms with Crippen LogP contribution in [-0.4, -0.2) is 46.4 Å². The van der Waals surface area contributed by atoms with E-state index in [2.05, 4.69) is 5.32 Å². The summed E-state index contributed by atoms with van der Waals surface area (Å²) in [5.74, 6) is -1.57. The van der Waals surface area contributed by atoms with Crippen molar-refractivity contribution in [3.8, 4) is 5.75 Å². The number of rotatable bonds is 7. The van der Waals surface area contributed by atoms with Crippen LogP contribution in [0.15, 0.2) is 70.5 Å². The van der Waals surface area contributed by atoms with Crippen LogP contribution in [0.3, 0.4) is 0 Å². The summed E-state index contributed by atoms with van der Waals surface area (Å²) in [7, 11) is -7.56. The van der Waals surface area contributed by atoms with Crippen LogP contribution in [0.1, 0.15) is 41.4 Å². The van der Waals surface area contributed by atoms with Crippen LogP contribution in [0.4, 0.5) is 10.1 Å². The van der Waals surface area contributed by atoms with Crippen molar-refractivity contribution >= 4 is 31.5 Å². The van der Waals surface area contributed by atoms with Crippen LogP contribution in [0, 0.1) is 12.7 Å². The highest BCUT2D eigenvalue weighted by atomic mass is 32.2. The molecule has 3 aromatic rings. The highest BCUT2D eigenvalue weighted by Crippen LogP contribution is 2.38. The number of nitrogens with zero attached hydrogens (tertiary/aromatic N) is 1. The molecule has 1 heterocycles. The summed E-state index contributed by atoms with van der Waals surface area (Å²) >= 11 is 0. The standard InChI is InChI=1S/C26H27FN2O7S2/c1-4-37(32,33)20-9-6-18(7-10-20)22(15-30)28-26(31)19-8-11-23(21(27)14-19)29-17(3)36-24-12-5-16(2)13-25(24)38(29,34)35/h5-14,17,22,30H,4,15H2,1-3H3,(H,28,31)/t17?,22-/m0/s1. The van der Waals surface area contributed by atoms with Crippen molar-refractivity contribution in [3.63, 3.8) is 0 Å².